The number of thioether (sulfide) groups is 1. The predicted octanol–water partition coefficient (Wildman–Crippen LogP) is 4.30. The van der Waals surface area contributed by atoms with Crippen LogP contribution in [0.25, 0.3) is 10.2 Å². The average molecular weight is 382 g/mol. The van der Waals surface area contributed by atoms with Crippen molar-refractivity contribution < 1.29 is 4.79 Å². The molecule has 2 aromatic carbocycles. The Morgan fingerprint density at radius 2 is 1.92 bits per heavy atom. The lowest BCUT2D eigenvalue weighted by atomic mass is 10.1. The van der Waals surface area contributed by atoms with Gasteiger partial charge in [-0.25, -0.2) is 0 Å². The number of rotatable bonds is 4. The zero-order valence-corrected chi connectivity index (χ0v) is 16.6. The van der Waals surface area contributed by atoms with Crippen LogP contribution in [-0.4, -0.2) is 22.5 Å². The normalized spacial score (nSPS) is 11.7. The largest absolute Gasteiger partial charge is 0.315 e. The topological polar surface area (TPSA) is 58.1 Å². The fourth-order valence-corrected chi connectivity index (χ4v) is 4.14. The van der Waals surface area contributed by atoms with Gasteiger partial charge in [0.15, 0.2) is 4.80 Å². The summed E-state index contributed by atoms with van der Waals surface area (Å²) < 4.78 is 3.27. The smallest absolute Gasteiger partial charge is 0.279 e. The predicted molar refractivity (Wildman–Crippen MR) is 109 cm³/mol. The lowest BCUT2D eigenvalue weighted by Gasteiger charge is -2.06. The van der Waals surface area contributed by atoms with E-state index in [9.17, 15) is 4.79 Å². The molecule has 26 heavy (non-hydrogen) atoms. The molecule has 3 aromatic rings. The van der Waals surface area contributed by atoms with Crippen molar-refractivity contribution in [3.05, 3.63) is 63.5 Å². The summed E-state index contributed by atoms with van der Waals surface area (Å²) >= 11 is 3.31. The second kappa shape index (κ2) is 7.90. The molecule has 0 atom stereocenters. The minimum atomic E-state index is -0.285. The molecule has 132 valence electrons. The van der Waals surface area contributed by atoms with E-state index >= 15 is 0 Å². The van der Waals surface area contributed by atoms with Gasteiger partial charge < -0.3 is 4.57 Å². The summed E-state index contributed by atoms with van der Waals surface area (Å²) in [6.45, 7) is 5.01. The van der Waals surface area contributed by atoms with Crippen LogP contribution in [0.1, 0.15) is 27.0 Å². The van der Waals surface area contributed by atoms with Crippen LogP contribution in [0.3, 0.4) is 0 Å². The van der Waals surface area contributed by atoms with Crippen LogP contribution in [0.15, 0.2) is 41.4 Å². The highest BCUT2D eigenvalue weighted by atomic mass is 32.2. The van der Waals surface area contributed by atoms with Crippen LogP contribution in [-0.2, 0) is 6.54 Å². The Morgan fingerprint density at radius 1 is 1.23 bits per heavy atom. The van der Waals surface area contributed by atoms with Gasteiger partial charge >= 0.3 is 0 Å². The summed E-state index contributed by atoms with van der Waals surface area (Å²) in [5.74, 6) is 0.671. The third-order valence-corrected chi connectivity index (χ3v) is 5.91. The minimum Gasteiger partial charge on any atom is -0.315 e. The molecule has 0 bridgehead atoms. The third-order valence-electron chi connectivity index (χ3n) is 4.28. The van der Waals surface area contributed by atoms with Gasteiger partial charge in [-0.05, 0) is 67.6 Å². The van der Waals surface area contributed by atoms with Gasteiger partial charge in [0.25, 0.3) is 5.91 Å². The van der Waals surface area contributed by atoms with E-state index in [4.69, 9.17) is 5.26 Å². The number of benzene rings is 2. The Bertz CT molecular complexity index is 1070. The van der Waals surface area contributed by atoms with E-state index in [-0.39, 0.29) is 5.91 Å². The van der Waals surface area contributed by atoms with Crippen molar-refractivity contribution in [1.29, 1.82) is 5.26 Å². The SMILES string of the molecule is CSCCn1c(=NC(=O)c2ccc(C#N)cc2)sc2cc(C)c(C)cc21. The van der Waals surface area contributed by atoms with Gasteiger partial charge in [-0.15, -0.1) is 0 Å². The molecule has 0 N–H and O–H groups in total. The molecule has 0 aliphatic carbocycles. The lowest BCUT2D eigenvalue weighted by Crippen LogP contribution is -2.18. The Balaban J connectivity index is 2.10. The number of aryl methyl sites for hydroxylation is 3. The highest BCUT2D eigenvalue weighted by Gasteiger charge is 2.10. The van der Waals surface area contributed by atoms with Crippen LogP contribution < -0.4 is 4.80 Å². The maximum atomic E-state index is 12.6. The number of thiazole rings is 1. The molecule has 0 saturated heterocycles. The van der Waals surface area contributed by atoms with Gasteiger partial charge in [-0.1, -0.05) is 11.3 Å². The number of amides is 1. The van der Waals surface area contributed by atoms with E-state index in [0.717, 1.165) is 22.5 Å². The van der Waals surface area contributed by atoms with Gasteiger partial charge in [0.05, 0.1) is 21.8 Å². The molecule has 4 nitrogen and oxygen atoms in total. The van der Waals surface area contributed by atoms with E-state index in [1.165, 1.54) is 11.1 Å². The van der Waals surface area contributed by atoms with Crippen molar-refractivity contribution in [3.63, 3.8) is 0 Å². The van der Waals surface area contributed by atoms with Gasteiger partial charge in [0, 0.05) is 17.9 Å². The molecule has 1 aromatic heterocycles. The molecule has 0 aliphatic heterocycles. The maximum absolute atomic E-state index is 12.6. The van der Waals surface area contributed by atoms with Crippen LogP contribution in [0, 0.1) is 25.2 Å². The second-order valence-electron chi connectivity index (χ2n) is 6.04. The van der Waals surface area contributed by atoms with E-state index < -0.39 is 0 Å². The highest BCUT2D eigenvalue weighted by Crippen LogP contribution is 2.22. The lowest BCUT2D eigenvalue weighted by molar-refractivity contribution is 0.0998. The van der Waals surface area contributed by atoms with Crippen molar-refractivity contribution in [1.82, 2.24) is 4.57 Å². The average Bonchev–Trinajstić information content (AvgIpc) is 2.96. The zero-order chi connectivity index (χ0) is 18.7. The van der Waals surface area contributed by atoms with Gasteiger partial charge in [-0.3, -0.25) is 4.79 Å². The Hall–Kier alpha value is -2.36. The molecular formula is C20H19N3OS2. The third kappa shape index (κ3) is 3.74. The van der Waals surface area contributed by atoms with Crippen LogP contribution in [0.2, 0.25) is 0 Å². The fraction of sp³-hybridized carbons (Fsp3) is 0.250. The molecule has 6 heteroatoms. The first-order valence-electron chi connectivity index (χ1n) is 8.22. The van der Waals surface area contributed by atoms with Crippen molar-refractivity contribution in [3.8, 4) is 6.07 Å². The van der Waals surface area contributed by atoms with Crippen LogP contribution in [0.4, 0.5) is 0 Å². The molecule has 0 radical (unpaired) electrons. The first kappa shape index (κ1) is 18.4. The molecule has 3 rings (SSSR count). The number of aromatic nitrogens is 1. The zero-order valence-electron chi connectivity index (χ0n) is 14.9. The Kier molecular flexibility index (Phi) is 5.60. The Morgan fingerprint density at radius 3 is 2.58 bits per heavy atom. The molecule has 0 aliphatic rings. The van der Waals surface area contributed by atoms with Crippen molar-refractivity contribution in [2.75, 3.05) is 12.0 Å². The van der Waals surface area contributed by atoms with E-state index in [2.05, 4.69) is 47.9 Å². The molecule has 0 fully saturated rings. The van der Waals surface area contributed by atoms with E-state index in [1.807, 2.05) is 0 Å². The summed E-state index contributed by atoms with van der Waals surface area (Å²) in [4.78, 5) is 17.7. The number of carbonyl (C=O) groups is 1. The Labute approximate surface area is 160 Å². The summed E-state index contributed by atoms with van der Waals surface area (Å²) in [5.41, 5.74) is 4.62. The molecule has 1 heterocycles. The van der Waals surface area contributed by atoms with Gasteiger partial charge in [0.1, 0.15) is 0 Å². The molecule has 1 amide bonds. The quantitative estimate of drug-likeness (QED) is 0.677. The molecular weight excluding hydrogens is 362 g/mol. The first-order chi connectivity index (χ1) is 12.5. The molecule has 0 saturated carbocycles. The highest BCUT2D eigenvalue weighted by molar-refractivity contribution is 7.98. The number of carbonyl (C=O) groups excluding carboxylic acids is 1. The summed E-state index contributed by atoms with van der Waals surface area (Å²) in [7, 11) is 0. The van der Waals surface area contributed by atoms with Crippen LogP contribution >= 0.6 is 23.1 Å². The monoisotopic (exact) mass is 381 g/mol. The van der Waals surface area contributed by atoms with Crippen LogP contribution in [0.5, 0.6) is 0 Å². The van der Waals surface area contributed by atoms with Crippen molar-refractivity contribution in [2.24, 2.45) is 4.99 Å². The van der Waals surface area contributed by atoms with Gasteiger partial charge in [0.2, 0.25) is 0 Å². The first-order valence-corrected chi connectivity index (χ1v) is 10.4. The standard InChI is InChI=1S/C20H19N3OS2/c1-13-10-17-18(11-14(13)2)26-20(23(17)8-9-25-3)22-19(24)16-6-4-15(12-21)5-7-16/h4-7,10-11H,8-9H2,1-3H3. The number of nitrogens with zero attached hydrogens (tertiary/aromatic N) is 3. The summed E-state index contributed by atoms with van der Waals surface area (Å²) in [6.07, 6.45) is 2.07. The number of nitriles is 1. The minimum absolute atomic E-state index is 0.285. The fourth-order valence-electron chi connectivity index (χ4n) is 2.64. The number of hydrogen-bond acceptors (Lipinski definition) is 4. The summed E-state index contributed by atoms with van der Waals surface area (Å²) in [6, 6.07) is 13.0. The molecule has 0 unspecified atom stereocenters. The number of hydrogen-bond donors (Lipinski definition) is 0. The van der Waals surface area contributed by atoms with E-state index in [1.54, 1.807) is 47.4 Å². The van der Waals surface area contributed by atoms with E-state index in [0.29, 0.717) is 15.9 Å². The van der Waals surface area contributed by atoms with Crippen molar-refractivity contribution >= 4 is 39.2 Å². The van der Waals surface area contributed by atoms with Gasteiger partial charge in [-0.2, -0.15) is 22.0 Å². The second-order valence-corrected chi connectivity index (χ2v) is 8.03. The van der Waals surface area contributed by atoms with Crippen molar-refractivity contribution in [2.45, 2.75) is 20.4 Å². The molecule has 0 spiro atoms. The summed E-state index contributed by atoms with van der Waals surface area (Å²) in [5, 5.41) is 8.88. The maximum Gasteiger partial charge on any atom is 0.279 e. The number of fused-ring (bicyclic) bond motifs is 1.